The lowest BCUT2D eigenvalue weighted by atomic mass is 10.3. The highest BCUT2D eigenvalue weighted by Gasteiger charge is 2.16. The molecular weight excluding hydrogens is 321 g/mol. The number of benzene rings is 2. The van der Waals surface area contributed by atoms with Crippen LogP contribution < -0.4 is 9.47 Å². The van der Waals surface area contributed by atoms with E-state index in [-0.39, 0.29) is 23.9 Å². The van der Waals surface area contributed by atoms with E-state index in [1.54, 1.807) is 24.3 Å². The van der Waals surface area contributed by atoms with E-state index >= 15 is 0 Å². The molecule has 0 aliphatic rings. The van der Waals surface area contributed by atoms with E-state index in [1.807, 2.05) is 0 Å². The summed E-state index contributed by atoms with van der Waals surface area (Å²) in [6, 6.07) is 12.2. The molecule has 5 nitrogen and oxygen atoms in total. The molecule has 7 heteroatoms. The van der Waals surface area contributed by atoms with Crippen molar-refractivity contribution in [2.24, 2.45) is 0 Å². The van der Waals surface area contributed by atoms with Gasteiger partial charge >= 0.3 is 0 Å². The lowest BCUT2D eigenvalue weighted by Gasteiger charge is -2.12. The minimum Gasteiger partial charge on any atom is -0.490 e. The second-order valence-corrected chi connectivity index (χ2v) is 7.04. The third-order valence-electron chi connectivity index (χ3n) is 3.05. The number of sulfonamides is 1. The van der Waals surface area contributed by atoms with Crippen LogP contribution in [0.25, 0.3) is 0 Å². The van der Waals surface area contributed by atoms with Gasteiger partial charge in [-0.15, -0.1) is 0 Å². The molecule has 0 radical (unpaired) electrons. The molecule has 0 aliphatic heterocycles. The maximum absolute atomic E-state index is 13.3. The molecule has 2 aromatic carbocycles. The molecule has 0 saturated heterocycles. The topological polar surface area (TPSA) is 55.8 Å². The van der Waals surface area contributed by atoms with Gasteiger partial charge in [-0.2, -0.15) is 0 Å². The molecule has 2 aromatic rings. The van der Waals surface area contributed by atoms with Crippen molar-refractivity contribution in [2.45, 2.75) is 4.90 Å². The molecule has 0 aromatic heterocycles. The molecule has 23 heavy (non-hydrogen) atoms. The van der Waals surface area contributed by atoms with Crippen molar-refractivity contribution in [1.29, 1.82) is 0 Å². The fourth-order valence-corrected chi connectivity index (χ4v) is 2.69. The van der Waals surface area contributed by atoms with Crippen LogP contribution in [0.15, 0.2) is 53.4 Å². The number of hydrogen-bond acceptors (Lipinski definition) is 4. The number of para-hydroxylation sites is 1. The van der Waals surface area contributed by atoms with Crippen LogP contribution in [0.2, 0.25) is 0 Å². The highest BCUT2D eigenvalue weighted by atomic mass is 32.2. The predicted octanol–water partition coefficient (Wildman–Crippen LogP) is 2.53. The van der Waals surface area contributed by atoms with Gasteiger partial charge in [0.2, 0.25) is 10.0 Å². The summed E-state index contributed by atoms with van der Waals surface area (Å²) in [4.78, 5) is 0.192. The predicted molar refractivity (Wildman–Crippen MR) is 84.7 cm³/mol. The first kappa shape index (κ1) is 17.2. The minimum atomic E-state index is -3.45. The van der Waals surface area contributed by atoms with Crippen LogP contribution in [0.4, 0.5) is 4.39 Å². The molecule has 0 unspecified atom stereocenters. The number of halogens is 1. The highest BCUT2D eigenvalue weighted by molar-refractivity contribution is 7.89. The summed E-state index contributed by atoms with van der Waals surface area (Å²) < 4.78 is 49.0. The summed E-state index contributed by atoms with van der Waals surface area (Å²) in [5.41, 5.74) is 0. The van der Waals surface area contributed by atoms with E-state index in [4.69, 9.17) is 9.47 Å². The Morgan fingerprint density at radius 1 is 0.957 bits per heavy atom. The average Bonchev–Trinajstić information content (AvgIpc) is 2.53. The number of ether oxygens (including phenoxy) is 2. The molecule has 0 amide bonds. The third kappa shape index (κ3) is 4.43. The largest absolute Gasteiger partial charge is 0.490 e. The fraction of sp³-hybridized carbons (Fsp3) is 0.250. The van der Waals surface area contributed by atoms with Crippen molar-refractivity contribution in [1.82, 2.24) is 4.31 Å². The van der Waals surface area contributed by atoms with Crippen molar-refractivity contribution >= 4 is 10.0 Å². The lowest BCUT2D eigenvalue weighted by molar-refractivity contribution is 0.211. The van der Waals surface area contributed by atoms with E-state index in [9.17, 15) is 12.8 Å². The van der Waals surface area contributed by atoms with Crippen molar-refractivity contribution in [3.8, 4) is 11.5 Å². The third-order valence-corrected chi connectivity index (χ3v) is 4.88. The molecule has 0 heterocycles. The van der Waals surface area contributed by atoms with Crippen LogP contribution in [0.3, 0.4) is 0 Å². The van der Waals surface area contributed by atoms with Gasteiger partial charge in [0.25, 0.3) is 0 Å². The quantitative estimate of drug-likeness (QED) is 0.728. The van der Waals surface area contributed by atoms with Crippen LogP contribution >= 0.6 is 0 Å². The highest BCUT2D eigenvalue weighted by Crippen LogP contribution is 2.18. The zero-order chi connectivity index (χ0) is 16.9. The van der Waals surface area contributed by atoms with Crippen molar-refractivity contribution < 1.29 is 22.3 Å². The number of nitrogens with zero attached hydrogens (tertiary/aromatic N) is 1. The van der Waals surface area contributed by atoms with Gasteiger partial charge in [0.15, 0.2) is 11.6 Å². The monoisotopic (exact) mass is 339 g/mol. The molecular formula is C16H18FNO4S. The van der Waals surface area contributed by atoms with Crippen LogP contribution in [-0.4, -0.2) is 40.0 Å². The Hall–Kier alpha value is -2.12. The van der Waals surface area contributed by atoms with Crippen molar-refractivity contribution in [2.75, 3.05) is 27.3 Å². The average molecular weight is 339 g/mol. The summed E-state index contributed by atoms with van der Waals surface area (Å²) in [6.07, 6.45) is 0. The van der Waals surface area contributed by atoms with Gasteiger partial charge in [0, 0.05) is 14.1 Å². The van der Waals surface area contributed by atoms with Crippen molar-refractivity contribution in [3.05, 3.63) is 54.3 Å². The molecule has 0 saturated carbocycles. The summed E-state index contributed by atoms with van der Waals surface area (Å²) in [5, 5.41) is 0. The zero-order valence-corrected chi connectivity index (χ0v) is 13.7. The van der Waals surface area contributed by atoms with Crippen LogP contribution in [0.1, 0.15) is 0 Å². The summed E-state index contributed by atoms with van der Waals surface area (Å²) in [5.74, 6) is 0.258. The van der Waals surface area contributed by atoms with Gasteiger partial charge in [-0.3, -0.25) is 0 Å². The molecule has 0 fully saturated rings. The first-order valence-electron chi connectivity index (χ1n) is 6.94. The van der Waals surface area contributed by atoms with Gasteiger partial charge in [-0.1, -0.05) is 12.1 Å². The Labute approximate surface area is 135 Å². The van der Waals surface area contributed by atoms with Gasteiger partial charge in [-0.25, -0.2) is 17.1 Å². The molecule has 2 rings (SSSR count). The normalized spacial score (nSPS) is 11.5. The van der Waals surface area contributed by atoms with Crippen LogP contribution in [0, 0.1) is 5.82 Å². The molecule has 124 valence electrons. The molecule has 0 aliphatic carbocycles. The first-order valence-corrected chi connectivity index (χ1v) is 8.38. The van der Waals surface area contributed by atoms with E-state index in [0.717, 1.165) is 4.31 Å². The smallest absolute Gasteiger partial charge is 0.242 e. The van der Waals surface area contributed by atoms with E-state index in [1.165, 1.54) is 38.4 Å². The number of hydrogen-bond donors (Lipinski definition) is 0. The standard InChI is InChI=1S/C16H18FNO4S/c1-18(2)23(19,20)14-9-7-13(8-10-14)21-11-12-22-16-6-4-3-5-15(16)17/h3-10H,11-12H2,1-2H3. The maximum atomic E-state index is 13.3. The van der Waals surface area contributed by atoms with Gasteiger partial charge in [0.1, 0.15) is 19.0 Å². The number of rotatable bonds is 7. The lowest BCUT2D eigenvalue weighted by Crippen LogP contribution is -2.22. The van der Waals surface area contributed by atoms with Gasteiger partial charge < -0.3 is 9.47 Å². The Bertz CT molecular complexity index is 745. The van der Waals surface area contributed by atoms with Crippen molar-refractivity contribution in [3.63, 3.8) is 0 Å². The SMILES string of the molecule is CN(C)S(=O)(=O)c1ccc(OCCOc2ccccc2F)cc1. The van der Waals surface area contributed by atoms with Gasteiger partial charge in [0.05, 0.1) is 4.90 Å². The summed E-state index contributed by atoms with van der Waals surface area (Å²) in [7, 11) is -0.504. The second-order valence-electron chi connectivity index (χ2n) is 4.89. The Morgan fingerprint density at radius 2 is 1.57 bits per heavy atom. The molecule has 0 atom stereocenters. The van der Waals surface area contributed by atoms with E-state index < -0.39 is 15.8 Å². The van der Waals surface area contributed by atoms with E-state index in [2.05, 4.69) is 0 Å². The summed E-state index contributed by atoms with van der Waals surface area (Å²) in [6.45, 7) is 0.396. The first-order chi connectivity index (χ1) is 10.9. The maximum Gasteiger partial charge on any atom is 0.242 e. The molecule has 0 bridgehead atoms. The molecule has 0 spiro atoms. The Balaban J connectivity index is 1.86. The minimum absolute atomic E-state index is 0.170. The van der Waals surface area contributed by atoms with Crippen LogP contribution in [0.5, 0.6) is 11.5 Å². The molecule has 0 N–H and O–H groups in total. The van der Waals surface area contributed by atoms with E-state index in [0.29, 0.717) is 5.75 Å². The fourth-order valence-electron chi connectivity index (χ4n) is 1.79. The zero-order valence-electron chi connectivity index (χ0n) is 12.9. The van der Waals surface area contributed by atoms with Crippen LogP contribution in [-0.2, 0) is 10.0 Å². The van der Waals surface area contributed by atoms with Gasteiger partial charge in [-0.05, 0) is 36.4 Å². The second kappa shape index (κ2) is 7.43. The Morgan fingerprint density at radius 3 is 2.17 bits per heavy atom. The Kier molecular flexibility index (Phi) is 5.57. The summed E-state index contributed by atoms with van der Waals surface area (Å²) >= 11 is 0.